The largest absolute Gasteiger partial charge is 0.861 e. The molecule has 0 aliphatic heterocycles. The molecule has 1 saturated carbocycles. The third-order valence-corrected chi connectivity index (χ3v) is 3.03. The zero-order valence-corrected chi connectivity index (χ0v) is 10.3. The third-order valence-electron chi connectivity index (χ3n) is 3.03. The SMILES string of the molecule is CN(C)[n+]1cc(N=C([O-])C2CCCCC2)on1. The van der Waals surface area contributed by atoms with E-state index in [0.717, 1.165) is 25.7 Å². The van der Waals surface area contributed by atoms with Crippen molar-refractivity contribution in [3.8, 4) is 0 Å². The second kappa shape index (κ2) is 5.16. The van der Waals surface area contributed by atoms with Crippen molar-refractivity contribution < 1.29 is 14.4 Å². The van der Waals surface area contributed by atoms with Crippen LogP contribution in [-0.2, 0) is 0 Å². The number of hydrogen-bond donors (Lipinski definition) is 0. The number of rotatable bonds is 3. The number of nitrogens with zero attached hydrogens (tertiary/aromatic N) is 4. The Morgan fingerprint density at radius 2 is 2.18 bits per heavy atom. The van der Waals surface area contributed by atoms with E-state index in [4.69, 9.17) is 4.52 Å². The van der Waals surface area contributed by atoms with Crippen LogP contribution in [0.5, 0.6) is 0 Å². The Morgan fingerprint density at radius 1 is 1.47 bits per heavy atom. The van der Waals surface area contributed by atoms with Crippen LogP contribution in [0, 0.1) is 5.92 Å². The van der Waals surface area contributed by atoms with E-state index < -0.39 is 0 Å². The summed E-state index contributed by atoms with van der Waals surface area (Å²) in [5.41, 5.74) is 0. The number of hydrogen-bond acceptors (Lipinski definition) is 5. The first-order valence-corrected chi connectivity index (χ1v) is 5.98. The van der Waals surface area contributed by atoms with Gasteiger partial charge in [0.15, 0.2) is 0 Å². The molecule has 94 valence electrons. The van der Waals surface area contributed by atoms with E-state index in [2.05, 4.69) is 10.3 Å². The molecule has 6 heteroatoms. The zero-order chi connectivity index (χ0) is 12.3. The average molecular weight is 238 g/mol. The molecule has 0 atom stereocenters. The van der Waals surface area contributed by atoms with Gasteiger partial charge in [-0.25, -0.2) is 4.99 Å². The highest BCUT2D eigenvalue weighted by atomic mass is 16.5. The molecule has 2 rings (SSSR count). The molecule has 0 bridgehead atoms. The fourth-order valence-electron chi connectivity index (χ4n) is 2.02. The van der Waals surface area contributed by atoms with Crippen molar-refractivity contribution in [2.24, 2.45) is 10.9 Å². The fourth-order valence-corrected chi connectivity index (χ4v) is 2.02. The molecule has 0 N–H and O–H groups in total. The maximum atomic E-state index is 11.9. The van der Waals surface area contributed by atoms with Crippen LogP contribution in [-0.4, -0.2) is 25.3 Å². The van der Waals surface area contributed by atoms with Crippen LogP contribution < -0.4 is 14.9 Å². The lowest BCUT2D eigenvalue weighted by Crippen LogP contribution is -2.53. The van der Waals surface area contributed by atoms with Crippen molar-refractivity contribution >= 4 is 11.8 Å². The van der Waals surface area contributed by atoms with Gasteiger partial charge in [-0.05, 0) is 24.7 Å². The molecule has 1 aliphatic carbocycles. The molecular formula is C11H18N4O2. The summed E-state index contributed by atoms with van der Waals surface area (Å²) in [6.07, 6.45) is 6.97. The van der Waals surface area contributed by atoms with Crippen molar-refractivity contribution in [3.05, 3.63) is 6.20 Å². The molecule has 1 aromatic heterocycles. The minimum absolute atomic E-state index is 0.0710. The topological polar surface area (TPSA) is 68.6 Å². The molecule has 1 heterocycles. The standard InChI is InChI=1S/C11H18N4O2/c1-14(2)15-8-10(17-13-15)12-11(16)9-6-4-3-5-7-9/h8-9H,3-7H2,1-2H3. The first kappa shape index (κ1) is 11.9. The van der Waals surface area contributed by atoms with E-state index in [9.17, 15) is 5.11 Å². The zero-order valence-electron chi connectivity index (χ0n) is 10.3. The van der Waals surface area contributed by atoms with Crippen molar-refractivity contribution in [3.63, 3.8) is 0 Å². The highest BCUT2D eigenvalue weighted by Gasteiger charge is 2.16. The number of aliphatic imine (C=N–C) groups is 1. The van der Waals surface area contributed by atoms with Gasteiger partial charge in [0.25, 0.3) is 6.20 Å². The predicted molar refractivity (Wildman–Crippen MR) is 60.4 cm³/mol. The molecule has 17 heavy (non-hydrogen) atoms. The van der Waals surface area contributed by atoms with Crippen molar-refractivity contribution in [2.45, 2.75) is 32.1 Å². The summed E-state index contributed by atoms with van der Waals surface area (Å²) in [6, 6.07) is 0. The average Bonchev–Trinajstić information content (AvgIpc) is 2.79. The van der Waals surface area contributed by atoms with Crippen LogP contribution in [0.4, 0.5) is 5.88 Å². The summed E-state index contributed by atoms with van der Waals surface area (Å²) >= 11 is 0. The molecule has 0 radical (unpaired) electrons. The first-order valence-electron chi connectivity index (χ1n) is 5.98. The van der Waals surface area contributed by atoms with Crippen LogP contribution >= 0.6 is 0 Å². The summed E-state index contributed by atoms with van der Waals surface area (Å²) in [6.45, 7) is 0. The molecule has 0 unspecified atom stereocenters. The van der Waals surface area contributed by atoms with Crippen molar-refractivity contribution in [1.82, 2.24) is 5.27 Å². The Balaban J connectivity index is 2.05. The van der Waals surface area contributed by atoms with Gasteiger partial charge in [-0.1, -0.05) is 19.3 Å². The van der Waals surface area contributed by atoms with Gasteiger partial charge >= 0.3 is 5.88 Å². The van der Waals surface area contributed by atoms with E-state index in [1.807, 2.05) is 14.1 Å². The lowest BCUT2D eigenvalue weighted by atomic mass is 9.89. The first-order chi connectivity index (χ1) is 8.16. The van der Waals surface area contributed by atoms with Crippen LogP contribution in [0.15, 0.2) is 15.7 Å². The minimum atomic E-state index is -0.0771. The van der Waals surface area contributed by atoms with Crippen molar-refractivity contribution in [2.75, 3.05) is 19.1 Å². The lowest BCUT2D eigenvalue weighted by molar-refractivity contribution is -0.753. The normalized spacial score (nSPS) is 18.4. The van der Waals surface area contributed by atoms with Crippen LogP contribution in [0.25, 0.3) is 0 Å². The van der Waals surface area contributed by atoms with E-state index in [1.165, 1.54) is 11.2 Å². The quantitative estimate of drug-likeness (QED) is 0.426. The summed E-state index contributed by atoms with van der Waals surface area (Å²) < 4.78 is 4.97. The molecule has 1 fully saturated rings. The maximum Gasteiger partial charge on any atom is 0.324 e. The Morgan fingerprint density at radius 3 is 2.76 bits per heavy atom. The van der Waals surface area contributed by atoms with Gasteiger partial charge in [0.2, 0.25) is 5.27 Å². The highest BCUT2D eigenvalue weighted by molar-refractivity contribution is 5.76. The molecule has 0 spiro atoms. The van der Waals surface area contributed by atoms with E-state index in [0.29, 0.717) is 0 Å². The van der Waals surface area contributed by atoms with Crippen LogP contribution in [0.3, 0.4) is 0 Å². The smallest absolute Gasteiger partial charge is 0.324 e. The molecule has 0 aromatic carbocycles. The van der Waals surface area contributed by atoms with Gasteiger partial charge < -0.3 is 5.11 Å². The monoisotopic (exact) mass is 238 g/mol. The molecule has 1 aromatic rings. The molecule has 0 amide bonds. The van der Waals surface area contributed by atoms with Gasteiger partial charge in [0.05, 0.1) is 18.9 Å². The van der Waals surface area contributed by atoms with E-state index >= 15 is 0 Å². The molecule has 6 nitrogen and oxygen atoms in total. The molecule has 1 aliphatic rings. The Hall–Kier alpha value is -1.59. The van der Waals surface area contributed by atoms with Gasteiger partial charge in [-0.3, -0.25) is 4.52 Å². The maximum absolute atomic E-state index is 11.9. The van der Waals surface area contributed by atoms with E-state index in [1.54, 1.807) is 11.2 Å². The second-order valence-electron chi connectivity index (χ2n) is 4.59. The molecule has 0 saturated heterocycles. The van der Waals surface area contributed by atoms with Crippen LogP contribution in [0.1, 0.15) is 32.1 Å². The lowest BCUT2D eigenvalue weighted by Gasteiger charge is -2.25. The summed E-state index contributed by atoms with van der Waals surface area (Å²) in [7, 11) is 3.66. The van der Waals surface area contributed by atoms with Gasteiger partial charge in [-0.15, -0.1) is 0 Å². The minimum Gasteiger partial charge on any atom is -0.861 e. The summed E-state index contributed by atoms with van der Waals surface area (Å²) in [5.74, 6) is 0.266. The number of aromatic nitrogens is 2. The van der Waals surface area contributed by atoms with Crippen molar-refractivity contribution in [1.29, 1.82) is 0 Å². The predicted octanol–water partition coefficient (Wildman–Crippen LogP) is 0.130. The Kier molecular flexibility index (Phi) is 3.61. The van der Waals surface area contributed by atoms with Gasteiger partial charge in [0, 0.05) is 0 Å². The third kappa shape index (κ3) is 2.95. The van der Waals surface area contributed by atoms with Gasteiger partial charge in [0.1, 0.15) is 0 Å². The fraction of sp³-hybridized carbons (Fsp3) is 0.727. The Bertz CT molecular complexity index is 394. The highest BCUT2D eigenvalue weighted by Crippen LogP contribution is 2.24. The second-order valence-corrected chi connectivity index (χ2v) is 4.59. The van der Waals surface area contributed by atoms with E-state index in [-0.39, 0.29) is 17.7 Å². The summed E-state index contributed by atoms with van der Waals surface area (Å²) in [5, 5.41) is 17.3. The summed E-state index contributed by atoms with van der Waals surface area (Å²) in [4.78, 5) is 5.46. The Labute approximate surface area is 100 Å². The van der Waals surface area contributed by atoms with Crippen LogP contribution in [0.2, 0.25) is 0 Å². The van der Waals surface area contributed by atoms with Gasteiger partial charge in [-0.2, -0.15) is 5.01 Å². The molecular weight excluding hydrogens is 220 g/mol.